The van der Waals surface area contributed by atoms with Crippen molar-refractivity contribution in [3.8, 4) is 0 Å². The second kappa shape index (κ2) is 5.65. The fraction of sp³-hybridized carbons (Fsp3) is 0.267. The highest BCUT2D eigenvalue weighted by atomic mass is 16.5. The molecule has 2 aromatic rings. The van der Waals surface area contributed by atoms with Crippen molar-refractivity contribution in [2.45, 2.75) is 19.4 Å². The maximum atomic E-state index is 11.5. The van der Waals surface area contributed by atoms with Gasteiger partial charge in [-0.05, 0) is 29.7 Å². The molecular formula is C15H17NO2. The molecule has 3 nitrogen and oxygen atoms in total. The lowest BCUT2D eigenvalue weighted by Gasteiger charge is -2.12. The lowest BCUT2D eigenvalue weighted by molar-refractivity contribution is -0.144. The number of carbonyl (C=O) groups excluding carboxylic acids is 1. The largest absolute Gasteiger partial charge is 0.465 e. The van der Waals surface area contributed by atoms with Gasteiger partial charge in [-0.2, -0.15) is 0 Å². The lowest BCUT2D eigenvalue weighted by atomic mass is 9.99. The summed E-state index contributed by atoms with van der Waals surface area (Å²) in [4.78, 5) is 11.5. The van der Waals surface area contributed by atoms with Crippen LogP contribution in [0.15, 0.2) is 42.5 Å². The Morgan fingerprint density at radius 2 is 1.94 bits per heavy atom. The summed E-state index contributed by atoms with van der Waals surface area (Å²) in [5, 5.41) is 2.30. The van der Waals surface area contributed by atoms with E-state index >= 15 is 0 Å². The van der Waals surface area contributed by atoms with Crippen molar-refractivity contribution in [3.63, 3.8) is 0 Å². The Hall–Kier alpha value is -1.87. The van der Waals surface area contributed by atoms with Crippen LogP contribution in [0.1, 0.15) is 12.5 Å². The van der Waals surface area contributed by atoms with Crippen LogP contribution in [0.25, 0.3) is 10.8 Å². The number of benzene rings is 2. The average Bonchev–Trinajstić information content (AvgIpc) is 2.39. The summed E-state index contributed by atoms with van der Waals surface area (Å²) in [6.45, 7) is 2.14. The SMILES string of the molecule is CCOC(=O)[C@@H](N)Cc1cccc2ccccc12. The molecule has 18 heavy (non-hydrogen) atoms. The van der Waals surface area contributed by atoms with E-state index < -0.39 is 6.04 Å². The first kappa shape index (κ1) is 12.6. The first-order chi connectivity index (χ1) is 8.72. The quantitative estimate of drug-likeness (QED) is 0.838. The normalized spacial score (nSPS) is 12.3. The van der Waals surface area contributed by atoms with E-state index in [-0.39, 0.29) is 5.97 Å². The number of hydrogen-bond donors (Lipinski definition) is 1. The predicted octanol–water partition coefficient (Wildman–Crippen LogP) is 2.27. The molecule has 2 aromatic carbocycles. The Balaban J connectivity index is 2.24. The van der Waals surface area contributed by atoms with Crippen LogP contribution >= 0.6 is 0 Å². The summed E-state index contributed by atoms with van der Waals surface area (Å²) in [6, 6.07) is 13.5. The number of nitrogens with two attached hydrogens (primary N) is 1. The van der Waals surface area contributed by atoms with Gasteiger partial charge < -0.3 is 10.5 Å². The van der Waals surface area contributed by atoms with E-state index in [0.29, 0.717) is 13.0 Å². The van der Waals surface area contributed by atoms with Crippen molar-refractivity contribution >= 4 is 16.7 Å². The fourth-order valence-corrected chi connectivity index (χ4v) is 2.04. The average molecular weight is 243 g/mol. The minimum atomic E-state index is -0.601. The van der Waals surface area contributed by atoms with E-state index in [2.05, 4.69) is 12.1 Å². The van der Waals surface area contributed by atoms with E-state index in [9.17, 15) is 4.79 Å². The summed E-state index contributed by atoms with van der Waals surface area (Å²) in [5.74, 6) is -0.342. The van der Waals surface area contributed by atoms with Gasteiger partial charge in [-0.1, -0.05) is 42.5 Å². The van der Waals surface area contributed by atoms with Gasteiger partial charge in [-0.25, -0.2) is 0 Å². The topological polar surface area (TPSA) is 52.3 Å². The summed E-state index contributed by atoms with van der Waals surface area (Å²) >= 11 is 0. The van der Waals surface area contributed by atoms with Gasteiger partial charge in [-0.3, -0.25) is 4.79 Å². The molecule has 0 bridgehead atoms. The molecule has 0 radical (unpaired) electrons. The molecule has 0 saturated heterocycles. The zero-order valence-corrected chi connectivity index (χ0v) is 10.4. The Morgan fingerprint density at radius 1 is 1.22 bits per heavy atom. The zero-order chi connectivity index (χ0) is 13.0. The van der Waals surface area contributed by atoms with Crippen molar-refractivity contribution in [3.05, 3.63) is 48.0 Å². The number of rotatable bonds is 4. The number of esters is 1. The molecule has 1 atom stereocenters. The molecule has 2 N–H and O–H groups in total. The van der Waals surface area contributed by atoms with Crippen LogP contribution < -0.4 is 5.73 Å². The fourth-order valence-electron chi connectivity index (χ4n) is 2.04. The summed E-state index contributed by atoms with van der Waals surface area (Å²) in [5.41, 5.74) is 6.93. The van der Waals surface area contributed by atoms with Crippen molar-refractivity contribution in [1.82, 2.24) is 0 Å². The molecule has 0 aliphatic carbocycles. The van der Waals surface area contributed by atoms with Crippen LogP contribution in [0.5, 0.6) is 0 Å². The van der Waals surface area contributed by atoms with Gasteiger partial charge in [0.15, 0.2) is 0 Å². The van der Waals surface area contributed by atoms with Gasteiger partial charge in [0.1, 0.15) is 6.04 Å². The van der Waals surface area contributed by atoms with E-state index in [1.807, 2.05) is 30.3 Å². The van der Waals surface area contributed by atoms with Crippen LogP contribution in [0, 0.1) is 0 Å². The van der Waals surface area contributed by atoms with Gasteiger partial charge in [0.25, 0.3) is 0 Å². The summed E-state index contributed by atoms with van der Waals surface area (Å²) < 4.78 is 4.92. The van der Waals surface area contributed by atoms with Gasteiger partial charge >= 0.3 is 5.97 Å². The standard InChI is InChI=1S/C15H17NO2/c1-2-18-15(17)14(16)10-12-8-5-7-11-6-3-4-9-13(11)12/h3-9,14H,2,10,16H2,1H3/t14-/m0/s1. The third-order valence-corrected chi connectivity index (χ3v) is 2.91. The molecule has 0 aliphatic rings. The molecule has 0 unspecified atom stereocenters. The minimum absolute atomic E-state index is 0.342. The minimum Gasteiger partial charge on any atom is -0.465 e. The van der Waals surface area contributed by atoms with Gasteiger partial charge in [0, 0.05) is 0 Å². The molecule has 0 aromatic heterocycles. The highest BCUT2D eigenvalue weighted by molar-refractivity contribution is 5.86. The summed E-state index contributed by atoms with van der Waals surface area (Å²) in [6.07, 6.45) is 0.500. The monoisotopic (exact) mass is 243 g/mol. The third kappa shape index (κ3) is 2.68. The highest BCUT2D eigenvalue weighted by Crippen LogP contribution is 2.19. The van der Waals surface area contributed by atoms with E-state index in [4.69, 9.17) is 10.5 Å². The molecular weight excluding hydrogens is 226 g/mol. The summed E-state index contributed by atoms with van der Waals surface area (Å²) in [7, 11) is 0. The smallest absolute Gasteiger partial charge is 0.323 e. The molecule has 0 amide bonds. The molecule has 0 heterocycles. The van der Waals surface area contributed by atoms with Crippen LogP contribution in [-0.4, -0.2) is 18.6 Å². The molecule has 94 valence electrons. The Kier molecular flexibility index (Phi) is 3.95. The number of fused-ring (bicyclic) bond motifs is 1. The van der Waals surface area contributed by atoms with Crippen molar-refractivity contribution in [2.75, 3.05) is 6.61 Å². The maximum absolute atomic E-state index is 11.5. The molecule has 0 aliphatic heterocycles. The zero-order valence-electron chi connectivity index (χ0n) is 10.4. The molecule has 0 spiro atoms. The molecule has 2 rings (SSSR count). The van der Waals surface area contributed by atoms with Crippen molar-refractivity contribution in [1.29, 1.82) is 0 Å². The van der Waals surface area contributed by atoms with Gasteiger partial charge in [0.2, 0.25) is 0 Å². The highest BCUT2D eigenvalue weighted by Gasteiger charge is 2.16. The lowest BCUT2D eigenvalue weighted by Crippen LogP contribution is -2.34. The van der Waals surface area contributed by atoms with Crippen molar-refractivity contribution < 1.29 is 9.53 Å². The van der Waals surface area contributed by atoms with Crippen LogP contribution in [0.3, 0.4) is 0 Å². The molecule has 3 heteroatoms. The van der Waals surface area contributed by atoms with Gasteiger partial charge in [0.05, 0.1) is 6.61 Å². The maximum Gasteiger partial charge on any atom is 0.323 e. The molecule has 0 saturated carbocycles. The van der Waals surface area contributed by atoms with E-state index in [1.165, 1.54) is 0 Å². The van der Waals surface area contributed by atoms with Crippen LogP contribution in [0.2, 0.25) is 0 Å². The number of carbonyl (C=O) groups is 1. The third-order valence-electron chi connectivity index (χ3n) is 2.91. The first-order valence-electron chi connectivity index (χ1n) is 6.11. The number of ether oxygens (including phenoxy) is 1. The predicted molar refractivity (Wildman–Crippen MR) is 72.3 cm³/mol. The van der Waals surface area contributed by atoms with Crippen molar-refractivity contribution in [2.24, 2.45) is 5.73 Å². The van der Waals surface area contributed by atoms with E-state index in [0.717, 1.165) is 16.3 Å². The van der Waals surface area contributed by atoms with E-state index in [1.54, 1.807) is 6.92 Å². The second-order valence-electron chi connectivity index (χ2n) is 4.20. The number of hydrogen-bond acceptors (Lipinski definition) is 3. The van der Waals surface area contributed by atoms with Crippen LogP contribution in [-0.2, 0) is 16.0 Å². The Bertz CT molecular complexity index is 546. The van der Waals surface area contributed by atoms with Gasteiger partial charge in [-0.15, -0.1) is 0 Å². The van der Waals surface area contributed by atoms with Crippen LogP contribution in [0.4, 0.5) is 0 Å². The Morgan fingerprint density at radius 3 is 2.72 bits per heavy atom. The Labute approximate surface area is 107 Å². The molecule has 0 fully saturated rings. The first-order valence-corrected chi connectivity index (χ1v) is 6.11. The second-order valence-corrected chi connectivity index (χ2v) is 4.20.